The summed E-state index contributed by atoms with van der Waals surface area (Å²) in [6.45, 7) is 0.483. The molecule has 0 aliphatic carbocycles. The Kier molecular flexibility index (Phi) is 3.67. The molecule has 2 aromatic heterocycles. The van der Waals surface area contributed by atoms with Gasteiger partial charge in [0.1, 0.15) is 12.4 Å². The molecule has 0 bridgehead atoms. The van der Waals surface area contributed by atoms with E-state index in [1.807, 2.05) is 30.3 Å². The molecule has 3 aromatic rings. The lowest BCUT2D eigenvalue weighted by Gasteiger charge is -2.08. The lowest BCUT2D eigenvalue weighted by molar-refractivity contribution is 0.305. The maximum absolute atomic E-state index is 12.4. The second kappa shape index (κ2) is 5.96. The fourth-order valence-electron chi connectivity index (χ4n) is 2.55. The van der Waals surface area contributed by atoms with Crippen LogP contribution in [0.3, 0.4) is 0 Å². The Morgan fingerprint density at radius 3 is 2.91 bits per heavy atom. The number of H-pyrrole nitrogens is 1. The summed E-state index contributed by atoms with van der Waals surface area (Å²) in [6, 6.07) is 13.5. The van der Waals surface area contributed by atoms with Gasteiger partial charge in [0.15, 0.2) is 5.82 Å². The van der Waals surface area contributed by atoms with Crippen molar-refractivity contribution in [2.24, 2.45) is 0 Å². The molecule has 1 aliphatic rings. The van der Waals surface area contributed by atoms with E-state index in [0.717, 1.165) is 28.3 Å². The molecule has 5 nitrogen and oxygen atoms in total. The molecular weight excluding hydrogens is 310 g/mol. The Hall–Kier alpha value is -2.47. The number of hydrogen-bond donors (Lipinski definition) is 1. The number of rotatable bonds is 4. The van der Waals surface area contributed by atoms with Gasteiger partial charge in [-0.2, -0.15) is 11.8 Å². The molecule has 0 spiro atoms. The summed E-state index contributed by atoms with van der Waals surface area (Å²) in [7, 11) is 0. The first-order valence-electron chi connectivity index (χ1n) is 7.35. The van der Waals surface area contributed by atoms with E-state index >= 15 is 0 Å². The fourth-order valence-corrected chi connectivity index (χ4v) is 3.60. The molecule has 0 saturated carbocycles. The number of nitrogens with one attached hydrogen (secondary N) is 1. The zero-order valence-electron chi connectivity index (χ0n) is 12.4. The van der Waals surface area contributed by atoms with E-state index in [4.69, 9.17) is 4.74 Å². The van der Waals surface area contributed by atoms with Crippen molar-refractivity contribution >= 4 is 11.8 Å². The van der Waals surface area contributed by atoms with Gasteiger partial charge in [-0.25, -0.2) is 9.67 Å². The summed E-state index contributed by atoms with van der Waals surface area (Å²) in [5, 5.41) is 3.14. The molecule has 1 aromatic carbocycles. The van der Waals surface area contributed by atoms with Crippen molar-refractivity contribution in [1.82, 2.24) is 14.8 Å². The Balaban J connectivity index is 1.58. The van der Waals surface area contributed by atoms with E-state index in [1.54, 1.807) is 30.1 Å². The van der Waals surface area contributed by atoms with Crippen LogP contribution in [-0.2, 0) is 18.1 Å². The molecule has 23 heavy (non-hydrogen) atoms. The Bertz CT molecular complexity index is 886. The first-order valence-corrected chi connectivity index (χ1v) is 8.50. The summed E-state index contributed by atoms with van der Waals surface area (Å²) in [5.41, 5.74) is 2.93. The average molecular weight is 325 g/mol. The van der Waals surface area contributed by atoms with Crippen LogP contribution in [0.2, 0.25) is 0 Å². The number of fused-ring (bicyclic) bond motifs is 1. The highest BCUT2D eigenvalue weighted by Gasteiger charge is 2.20. The van der Waals surface area contributed by atoms with Gasteiger partial charge < -0.3 is 4.74 Å². The molecule has 1 aliphatic heterocycles. The normalized spacial score (nSPS) is 13.0. The molecule has 0 atom stereocenters. The molecule has 0 fully saturated rings. The number of thioether (sulfide) groups is 1. The van der Waals surface area contributed by atoms with Crippen molar-refractivity contribution in [3.8, 4) is 11.6 Å². The maximum Gasteiger partial charge on any atom is 0.276 e. The van der Waals surface area contributed by atoms with Gasteiger partial charge in [-0.15, -0.1) is 0 Å². The Morgan fingerprint density at radius 2 is 2.09 bits per heavy atom. The second-order valence-corrected chi connectivity index (χ2v) is 6.31. The van der Waals surface area contributed by atoms with Crippen LogP contribution in [-0.4, -0.2) is 14.8 Å². The molecule has 1 N–H and O–H groups in total. The molecule has 6 heteroatoms. The van der Waals surface area contributed by atoms with Crippen molar-refractivity contribution in [2.75, 3.05) is 0 Å². The number of pyridine rings is 1. The SMILES string of the molecule is O=c1c2c([nH]n1-c1cc(OCc3ccccc3)ccn1)CSC2. The van der Waals surface area contributed by atoms with Crippen LogP contribution >= 0.6 is 11.8 Å². The molecule has 0 saturated heterocycles. The minimum atomic E-state index is -0.0160. The number of benzene rings is 1. The quantitative estimate of drug-likeness (QED) is 0.801. The van der Waals surface area contributed by atoms with Crippen LogP contribution in [0.1, 0.15) is 16.8 Å². The van der Waals surface area contributed by atoms with E-state index in [2.05, 4.69) is 10.1 Å². The van der Waals surface area contributed by atoms with E-state index in [9.17, 15) is 4.79 Å². The zero-order valence-corrected chi connectivity index (χ0v) is 13.2. The molecule has 0 unspecified atom stereocenters. The van der Waals surface area contributed by atoms with Gasteiger partial charge in [-0.3, -0.25) is 9.89 Å². The van der Waals surface area contributed by atoms with Gasteiger partial charge in [0.2, 0.25) is 0 Å². The summed E-state index contributed by atoms with van der Waals surface area (Å²) in [5.74, 6) is 2.86. The Labute approximate surface area is 137 Å². The topological polar surface area (TPSA) is 59.9 Å². The number of hydrogen-bond acceptors (Lipinski definition) is 4. The van der Waals surface area contributed by atoms with Crippen molar-refractivity contribution in [3.63, 3.8) is 0 Å². The highest BCUT2D eigenvalue weighted by molar-refractivity contribution is 7.98. The smallest absolute Gasteiger partial charge is 0.276 e. The van der Waals surface area contributed by atoms with E-state index in [1.165, 1.54) is 4.68 Å². The molecule has 0 radical (unpaired) electrons. The molecule has 3 heterocycles. The number of nitrogens with zero attached hydrogens (tertiary/aromatic N) is 2. The van der Waals surface area contributed by atoms with Gasteiger partial charge in [-0.05, 0) is 11.6 Å². The van der Waals surface area contributed by atoms with Crippen molar-refractivity contribution in [1.29, 1.82) is 0 Å². The minimum absolute atomic E-state index is 0.0160. The third-order valence-electron chi connectivity index (χ3n) is 3.76. The van der Waals surface area contributed by atoms with Crippen LogP contribution in [0.4, 0.5) is 0 Å². The average Bonchev–Trinajstić information content (AvgIpc) is 3.17. The summed E-state index contributed by atoms with van der Waals surface area (Å²) >= 11 is 1.75. The van der Waals surface area contributed by atoms with E-state index in [0.29, 0.717) is 18.2 Å². The lowest BCUT2D eigenvalue weighted by atomic mass is 10.2. The van der Waals surface area contributed by atoms with Gasteiger partial charge in [0.05, 0.1) is 11.3 Å². The fraction of sp³-hybridized carbons (Fsp3) is 0.176. The minimum Gasteiger partial charge on any atom is -0.489 e. The summed E-state index contributed by atoms with van der Waals surface area (Å²) in [6.07, 6.45) is 1.66. The third kappa shape index (κ3) is 2.77. The zero-order chi connectivity index (χ0) is 15.6. The van der Waals surface area contributed by atoms with Gasteiger partial charge >= 0.3 is 0 Å². The van der Waals surface area contributed by atoms with Crippen molar-refractivity contribution < 1.29 is 4.74 Å². The van der Waals surface area contributed by atoms with E-state index in [-0.39, 0.29) is 5.56 Å². The maximum atomic E-state index is 12.4. The molecule has 0 amide bonds. The molecule has 4 rings (SSSR count). The van der Waals surface area contributed by atoms with Crippen LogP contribution in [0.15, 0.2) is 53.5 Å². The number of aromatic amines is 1. The van der Waals surface area contributed by atoms with Gasteiger partial charge in [0, 0.05) is 23.8 Å². The molecule has 116 valence electrons. The van der Waals surface area contributed by atoms with Crippen molar-refractivity contribution in [2.45, 2.75) is 18.1 Å². The number of ether oxygens (including phenoxy) is 1. The van der Waals surface area contributed by atoms with Crippen LogP contribution < -0.4 is 10.3 Å². The second-order valence-electron chi connectivity index (χ2n) is 5.33. The van der Waals surface area contributed by atoms with Crippen molar-refractivity contribution in [3.05, 3.63) is 75.8 Å². The predicted octanol–water partition coefficient (Wildman–Crippen LogP) is 2.89. The van der Waals surface area contributed by atoms with Crippen LogP contribution in [0.5, 0.6) is 5.75 Å². The van der Waals surface area contributed by atoms with E-state index < -0.39 is 0 Å². The first-order chi connectivity index (χ1) is 11.3. The number of aromatic nitrogens is 3. The molecular formula is C17H15N3O2S. The highest BCUT2D eigenvalue weighted by atomic mass is 32.2. The predicted molar refractivity (Wildman–Crippen MR) is 90.0 cm³/mol. The Morgan fingerprint density at radius 1 is 1.22 bits per heavy atom. The standard InChI is InChI=1S/C17H15N3O2S/c21-17-14-10-23-11-15(14)19-20(17)16-8-13(6-7-18-16)22-9-12-4-2-1-3-5-12/h1-8,19H,9-11H2. The van der Waals surface area contributed by atoms with Crippen LogP contribution in [0, 0.1) is 0 Å². The third-order valence-corrected chi connectivity index (χ3v) is 4.75. The van der Waals surface area contributed by atoms with Gasteiger partial charge in [0.25, 0.3) is 5.56 Å². The highest BCUT2D eigenvalue weighted by Crippen LogP contribution is 2.26. The van der Waals surface area contributed by atoms with Crippen LogP contribution in [0.25, 0.3) is 5.82 Å². The van der Waals surface area contributed by atoms with Gasteiger partial charge in [-0.1, -0.05) is 30.3 Å². The lowest BCUT2D eigenvalue weighted by Crippen LogP contribution is -2.18. The summed E-state index contributed by atoms with van der Waals surface area (Å²) < 4.78 is 7.30. The summed E-state index contributed by atoms with van der Waals surface area (Å²) in [4.78, 5) is 16.7. The first kappa shape index (κ1) is 14.1. The monoisotopic (exact) mass is 325 g/mol. The largest absolute Gasteiger partial charge is 0.489 e.